The van der Waals surface area contributed by atoms with Crippen LogP contribution in [0, 0.1) is 5.41 Å². The fourth-order valence-electron chi connectivity index (χ4n) is 4.12. The van der Waals surface area contributed by atoms with Crippen LogP contribution in [0.25, 0.3) is 0 Å². The van der Waals surface area contributed by atoms with E-state index in [1.54, 1.807) is 0 Å². The van der Waals surface area contributed by atoms with Crippen LogP contribution in [0.3, 0.4) is 0 Å². The van der Waals surface area contributed by atoms with E-state index in [1.807, 2.05) is 0 Å². The van der Waals surface area contributed by atoms with Gasteiger partial charge in [0.15, 0.2) is 0 Å². The Bertz CT molecular complexity index is 636. The maximum Gasteiger partial charge on any atom is 0.0346 e. The molecule has 0 heterocycles. The first-order valence-electron chi connectivity index (χ1n) is 9.02. The average molecular weight is 307 g/mol. The topological polar surface area (TPSA) is 26.0 Å². The van der Waals surface area contributed by atoms with E-state index in [0.717, 1.165) is 18.0 Å². The minimum atomic E-state index is 0.437. The zero-order chi connectivity index (χ0) is 16.3. The fraction of sp³-hybridized carbons (Fsp3) is 0.455. The van der Waals surface area contributed by atoms with E-state index in [2.05, 4.69) is 62.4 Å². The lowest BCUT2D eigenvalue weighted by Crippen LogP contribution is -2.26. The quantitative estimate of drug-likeness (QED) is 0.716. The molecule has 0 bridgehead atoms. The van der Waals surface area contributed by atoms with E-state index >= 15 is 0 Å². The molecule has 1 heteroatoms. The standard InChI is InChI=1S/C22H29N/c1-3-18-15-17(9-10-21(18)23)16-22(2)13-11-20(12-14-22)19-7-5-4-6-8-19/h4-10,15,20H,3,11-14,16,23H2,1-2H3. The maximum atomic E-state index is 6.05. The summed E-state index contributed by atoms with van der Waals surface area (Å²) in [6, 6.07) is 17.7. The molecule has 2 aromatic rings. The molecule has 23 heavy (non-hydrogen) atoms. The van der Waals surface area contributed by atoms with E-state index < -0.39 is 0 Å². The van der Waals surface area contributed by atoms with Crippen molar-refractivity contribution in [2.75, 3.05) is 5.73 Å². The monoisotopic (exact) mass is 307 g/mol. The van der Waals surface area contributed by atoms with Crippen LogP contribution < -0.4 is 5.73 Å². The molecule has 2 N–H and O–H groups in total. The second-order valence-corrected chi connectivity index (χ2v) is 7.56. The molecule has 0 amide bonds. The molecule has 1 aliphatic carbocycles. The van der Waals surface area contributed by atoms with Gasteiger partial charge in [0, 0.05) is 5.69 Å². The van der Waals surface area contributed by atoms with E-state index in [4.69, 9.17) is 5.73 Å². The maximum absolute atomic E-state index is 6.05. The van der Waals surface area contributed by atoms with Gasteiger partial charge in [0.25, 0.3) is 0 Å². The lowest BCUT2D eigenvalue weighted by atomic mass is 9.67. The van der Waals surface area contributed by atoms with Gasteiger partial charge in [-0.25, -0.2) is 0 Å². The minimum absolute atomic E-state index is 0.437. The normalized spacial score (nSPS) is 24.5. The highest BCUT2D eigenvalue weighted by Crippen LogP contribution is 2.44. The van der Waals surface area contributed by atoms with Gasteiger partial charge in [-0.1, -0.05) is 56.3 Å². The molecule has 0 saturated heterocycles. The number of hydrogen-bond donors (Lipinski definition) is 1. The third-order valence-corrected chi connectivity index (χ3v) is 5.68. The first kappa shape index (κ1) is 16.1. The van der Waals surface area contributed by atoms with Gasteiger partial charge in [0.2, 0.25) is 0 Å². The van der Waals surface area contributed by atoms with Gasteiger partial charge in [0.05, 0.1) is 0 Å². The summed E-state index contributed by atoms with van der Waals surface area (Å²) in [6.45, 7) is 4.65. The van der Waals surface area contributed by atoms with E-state index in [9.17, 15) is 0 Å². The molecule has 0 unspecified atom stereocenters. The Morgan fingerprint density at radius 1 is 1.04 bits per heavy atom. The van der Waals surface area contributed by atoms with Crippen LogP contribution >= 0.6 is 0 Å². The largest absolute Gasteiger partial charge is 0.399 e. The molecule has 0 atom stereocenters. The molecule has 0 spiro atoms. The summed E-state index contributed by atoms with van der Waals surface area (Å²) >= 11 is 0. The first-order valence-corrected chi connectivity index (χ1v) is 9.02. The van der Waals surface area contributed by atoms with Crippen LogP contribution in [0.4, 0.5) is 5.69 Å². The fourth-order valence-corrected chi connectivity index (χ4v) is 4.12. The van der Waals surface area contributed by atoms with E-state index in [0.29, 0.717) is 5.41 Å². The van der Waals surface area contributed by atoms with Gasteiger partial charge in [-0.3, -0.25) is 0 Å². The van der Waals surface area contributed by atoms with Gasteiger partial charge < -0.3 is 5.73 Å². The van der Waals surface area contributed by atoms with Gasteiger partial charge in [-0.05, 0) is 72.6 Å². The number of anilines is 1. The van der Waals surface area contributed by atoms with Crippen LogP contribution in [-0.2, 0) is 12.8 Å². The molecule has 2 aromatic carbocycles. The molecule has 1 nitrogen and oxygen atoms in total. The van der Waals surface area contributed by atoms with Crippen molar-refractivity contribution in [3.05, 3.63) is 65.2 Å². The summed E-state index contributed by atoms with van der Waals surface area (Å²) < 4.78 is 0. The number of nitrogen functional groups attached to an aromatic ring is 1. The number of nitrogens with two attached hydrogens (primary N) is 1. The van der Waals surface area contributed by atoms with Crippen LogP contribution in [0.5, 0.6) is 0 Å². The molecular formula is C22H29N. The Morgan fingerprint density at radius 3 is 2.39 bits per heavy atom. The van der Waals surface area contributed by atoms with Crippen molar-refractivity contribution in [3.8, 4) is 0 Å². The Hall–Kier alpha value is -1.76. The molecule has 1 saturated carbocycles. The SMILES string of the molecule is CCc1cc(CC2(C)CCC(c3ccccc3)CC2)ccc1N. The number of rotatable bonds is 4. The van der Waals surface area contributed by atoms with Gasteiger partial charge in [-0.2, -0.15) is 0 Å². The summed E-state index contributed by atoms with van der Waals surface area (Å²) in [5, 5.41) is 0. The van der Waals surface area contributed by atoms with Crippen LogP contribution in [0.2, 0.25) is 0 Å². The van der Waals surface area contributed by atoms with Crippen LogP contribution in [-0.4, -0.2) is 0 Å². The van der Waals surface area contributed by atoms with Gasteiger partial charge in [0.1, 0.15) is 0 Å². The molecule has 1 aliphatic rings. The van der Waals surface area contributed by atoms with Crippen LogP contribution in [0.15, 0.2) is 48.5 Å². The third kappa shape index (κ3) is 3.77. The zero-order valence-electron chi connectivity index (χ0n) is 14.5. The van der Waals surface area contributed by atoms with Crippen molar-refractivity contribution in [2.24, 2.45) is 5.41 Å². The van der Waals surface area contributed by atoms with Crippen molar-refractivity contribution < 1.29 is 0 Å². The highest BCUT2D eigenvalue weighted by atomic mass is 14.6. The van der Waals surface area contributed by atoms with Crippen molar-refractivity contribution in [2.45, 2.75) is 58.3 Å². The third-order valence-electron chi connectivity index (χ3n) is 5.68. The summed E-state index contributed by atoms with van der Waals surface area (Å²) in [6.07, 6.45) is 7.47. The molecule has 1 fully saturated rings. The molecule has 0 aromatic heterocycles. The average Bonchev–Trinajstić information content (AvgIpc) is 2.58. The predicted molar refractivity (Wildman–Crippen MR) is 99.7 cm³/mol. The van der Waals surface area contributed by atoms with Crippen LogP contribution in [0.1, 0.15) is 62.1 Å². The number of aryl methyl sites for hydroxylation is 1. The summed E-state index contributed by atoms with van der Waals surface area (Å²) in [5.41, 5.74) is 11.7. The zero-order valence-corrected chi connectivity index (χ0v) is 14.5. The molecule has 0 radical (unpaired) electrons. The lowest BCUT2D eigenvalue weighted by Gasteiger charge is -2.38. The van der Waals surface area contributed by atoms with Crippen molar-refractivity contribution in [1.82, 2.24) is 0 Å². The van der Waals surface area contributed by atoms with E-state index in [-0.39, 0.29) is 0 Å². The summed E-state index contributed by atoms with van der Waals surface area (Å²) in [5.74, 6) is 0.752. The highest BCUT2D eigenvalue weighted by molar-refractivity contribution is 5.48. The second kappa shape index (κ2) is 6.78. The molecule has 3 rings (SSSR count). The first-order chi connectivity index (χ1) is 11.1. The highest BCUT2D eigenvalue weighted by Gasteiger charge is 2.31. The Kier molecular flexibility index (Phi) is 4.75. The Morgan fingerprint density at radius 2 is 1.74 bits per heavy atom. The Balaban J connectivity index is 1.65. The molecule has 122 valence electrons. The smallest absolute Gasteiger partial charge is 0.0346 e. The van der Waals surface area contributed by atoms with Crippen molar-refractivity contribution in [1.29, 1.82) is 0 Å². The lowest BCUT2D eigenvalue weighted by molar-refractivity contribution is 0.197. The van der Waals surface area contributed by atoms with Crippen molar-refractivity contribution in [3.63, 3.8) is 0 Å². The second-order valence-electron chi connectivity index (χ2n) is 7.56. The number of hydrogen-bond acceptors (Lipinski definition) is 1. The predicted octanol–water partition coefficient (Wildman–Crippen LogP) is 5.74. The summed E-state index contributed by atoms with van der Waals surface area (Å²) in [7, 11) is 0. The van der Waals surface area contributed by atoms with Gasteiger partial charge >= 0.3 is 0 Å². The molecule has 0 aliphatic heterocycles. The summed E-state index contributed by atoms with van der Waals surface area (Å²) in [4.78, 5) is 0. The number of benzene rings is 2. The minimum Gasteiger partial charge on any atom is -0.399 e. The van der Waals surface area contributed by atoms with E-state index in [1.165, 1.54) is 48.8 Å². The van der Waals surface area contributed by atoms with Crippen molar-refractivity contribution >= 4 is 5.69 Å². The van der Waals surface area contributed by atoms with Gasteiger partial charge in [-0.15, -0.1) is 0 Å². The Labute approximate surface area is 140 Å². The molecular weight excluding hydrogens is 278 g/mol.